The van der Waals surface area contributed by atoms with E-state index >= 15 is 0 Å². The van der Waals surface area contributed by atoms with E-state index in [1.165, 1.54) is 44.1 Å². The number of imidazole rings is 1. The van der Waals surface area contributed by atoms with Gasteiger partial charge >= 0.3 is 0 Å². The van der Waals surface area contributed by atoms with Crippen molar-refractivity contribution in [2.75, 3.05) is 0 Å². The van der Waals surface area contributed by atoms with E-state index < -0.39 is 22.7 Å². The number of benzene rings is 1. The van der Waals surface area contributed by atoms with Gasteiger partial charge in [-0.3, -0.25) is 0 Å². The molecule has 0 spiro atoms. The highest BCUT2D eigenvalue weighted by atomic mass is 28.4. The third kappa shape index (κ3) is 8.90. The molecule has 2 aromatic rings. The van der Waals surface area contributed by atoms with E-state index in [2.05, 4.69) is 104 Å². The van der Waals surface area contributed by atoms with Gasteiger partial charge in [-0.05, 0) is 129 Å². The molecule has 0 amide bonds. The van der Waals surface area contributed by atoms with Crippen molar-refractivity contribution in [1.82, 2.24) is 9.55 Å². The summed E-state index contributed by atoms with van der Waals surface area (Å²) in [6.45, 7) is 28.9. The predicted molar refractivity (Wildman–Crippen MR) is 221 cm³/mol. The Morgan fingerprint density at radius 1 is 0.941 bits per heavy atom. The number of nitrogens with zero attached hydrogens (tertiary/aromatic N) is 2. The van der Waals surface area contributed by atoms with E-state index in [4.69, 9.17) is 13.8 Å². The van der Waals surface area contributed by atoms with Gasteiger partial charge in [-0.2, -0.15) is 0 Å². The molecule has 0 radical (unpaired) electrons. The van der Waals surface area contributed by atoms with Gasteiger partial charge in [-0.25, -0.2) is 4.98 Å². The maximum absolute atomic E-state index is 11.1. The Balaban J connectivity index is 1.26. The zero-order valence-corrected chi connectivity index (χ0v) is 36.9. The minimum Gasteiger partial charge on any atom is -0.414 e. The van der Waals surface area contributed by atoms with Gasteiger partial charge in [0, 0.05) is 7.05 Å². The maximum Gasteiger partial charge on any atom is 0.192 e. The summed E-state index contributed by atoms with van der Waals surface area (Å²) in [6, 6.07) is 8.17. The fraction of sp³-hybridized carbons (Fsp3) is 0.750. The van der Waals surface area contributed by atoms with Crippen LogP contribution in [0.1, 0.15) is 138 Å². The minimum absolute atomic E-state index is 0.197. The van der Waals surface area contributed by atoms with E-state index in [9.17, 15) is 5.11 Å². The first-order chi connectivity index (χ1) is 23.6. The summed E-state index contributed by atoms with van der Waals surface area (Å²) in [6.07, 6.45) is 17.6. The molecule has 5 rings (SSSR count). The molecule has 1 unspecified atom stereocenters. The summed E-state index contributed by atoms with van der Waals surface area (Å²) in [7, 11) is -1.77. The van der Waals surface area contributed by atoms with Gasteiger partial charge in [0.25, 0.3) is 0 Å². The molecule has 3 aliphatic carbocycles. The van der Waals surface area contributed by atoms with Crippen molar-refractivity contribution in [3.63, 3.8) is 0 Å². The molecule has 0 bridgehead atoms. The van der Waals surface area contributed by atoms with E-state index in [0.29, 0.717) is 17.3 Å². The molecule has 7 heteroatoms. The smallest absolute Gasteiger partial charge is 0.192 e. The van der Waals surface area contributed by atoms with Crippen LogP contribution in [0.4, 0.5) is 0 Å². The van der Waals surface area contributed by atoms with E-state index in [1.54, 1.807) is 5.57 Å². The van der Waals surface area contributed by atoms with E-state index in [1.807, 2.05) is 25.2 Å². The van der Waals surface area contributed by atoms with Crippen molar-refractivity contribution < 1.29 is 14.0 Å². The average molecular weight is 735 g/mol. The summed E-state index contributed by atoms with van der Waals surface area (Å²) in [4.78, 5) is 4.76. The third-order valence-electron chi connectivity index (χ3n) is 14.6. The normalized spacial score (nSPS) is 28.7. The molecule has 286 valence electrons. The second-order valence-electron chi connectivity index (χ2n) is 20.2. The Morgan fingerprint density at radius 2 is 1.55 bits per heavy atom. The summed E-state index contributed by atoms with van der Waals surface area (Å²) >= 11 is 0. The number of hydrogen-bond acceptors (Lipinski definition) is 4. The Bertz CT molecular complexity index is 1520. The molecule has 3 aliphatic rings. The third-order valence-corrected chi connectivity index (χ3v) is 23.6. The van der Waals surface area contributed by atoms with Crippen molar-refractivity contribution in [3.8, 4) is 0 Å². The minimum atomic E-state index is -1.90. The Labute approximate surface area is 314 Å². The molecule has 51 heavy (non-hydrogen) atoms. The number of rotatable bonds is 11. The number of allylic oxidation sites excluding steroid dienone is 3. The molecule has 1 aromatic carbocycles. The number of aromatic nitrogens is 2. The number of aliphatic hydroxyl groups is 1. The van der Waals surface area contributed by atoms with Crippen LogP contribution in [0.2, 0.25) is 36.3 Å². The largest absolute Gasteiger partial charge is 0.414 e. The van der Waals surface area contributed by atoms with Crippen molar-refractivity contribution in [2.45, 2.75) is 181 Å². The molecule has 1 N–H and O–H groups in total. The highest BCUT2D eigenvalue weighted by Gasteiger charge is 2.50. The summed E-state index contributed by atoms with van der Waals surface area (Å²) in [5.41, 5.74) is 5.63. The molecule has 0 saturated heterocycles. The number of para-hydroxylation sites is 2. The lowest BCUT2D eigenvalue weighted by Crippen LogP contribution is -2.48. The zero-order chi connectivity index (χ0) is 37.6. The van der Waals surface area contributed by atoms with Crippen molar-refractivity contribution in [1.29, 1.82) is 0 Å². The summed E-state index contributed by atoms with van der Waals surface area (Å²) in [5, 5.41) is 11.5. The Hall–Kier alpha value is -1.52. The van der Waals surface area contributed by atoms with E-state index in [0.717, 1.165) is 54.9 Å². The van der Waals surface area contributed by atoms with Crippen LogP contribution in [0.15, 0.2) is 47.6 Å². The Kier molecular flexibility index (Phi) is 12.2. The fourth-order valence-corrected chi connectivity index (χ4v) is 12.2. The molecular weight excluding hydrogens is 661 g/mol. The molecule has 1 heterocycles. The van der Waals surface area contributed by atoms with Crippen molar-refractivity contribution >= 4 is 27.7 Å². The first-order valence-corrected chi connectivity index (χ1v) is 26.3. The molecular formula is C44H74N2O3Si2. The number of fused-ring (bicyclic) bond motifs is 2. The molecule has 3 fully saturated rings. The SMILES string of the molecule is C[C@H](CCCC(O)c1nc2ccccc2n1C)[C@H]1CC[C@H]2/C(=C/C=C3C[C@@H](O[Si](C)(C)C(C)(C)C)C[C@H](O[Si](C)(C)C(C)(C)C)C3)CCC[C@]12C. The highest BCUT2D eigenvalue weighted by molar-refractivity contribution is 6.74. The van der Waals surface area contributed by atoms with Crippen LogP contribution in [-0.4, -0.2) is 43.5 Å². The zero-order valence-electron chi connectivity index (χ0n) is 34.9. The van der Waals surface area contributed by atoms with E-state index in [-0.39, 0.29) is 22.3 Å². The highest BCUT2D eigenvalue weighted by Crippen LogP contribution is 2.60. The number of hydrogen-bond donors (Lipinski definition) is 1. The lowest BCUT2D eigenvalue weighted by Gasteiger charge is -2.45. The first kappa shape index (κ1) is 40.7. The average Bonchev–Trinajstić information content (AvgIpc) is 3.55. The van der Waals surface area contributed by atoms with Gasteiger partial charge in [0.15, 0.2) is 16.6 Å². The molecule has 5 nitrogen and oxygen atoms in total. The summed E-state index contributed by atoms with van der Waals surface area (Å²) < 4.78 is 16.3. The molecule has 7 atom stereocenters. The lowest BCUT2D eigenvalue weighted by atomic mass is 9.60. The first-order valence-electron chi connectivity index (χ1n) is 20.5. The van der Waals surface area contributed by atoms with Crippen LogP contribution in [0, 0.1) is 23.2 Å². The van der Waals surface area contributed by atoms with Crippen molar-refractivity contribution in [2.24, 2.45) is 30.2 Å². The van der Waals surface area contributed by atoms with Crippen LogP contribution >= 0.6 is 0 Å². The molecule has 1 aromatic heterocycles. The van der Waals surface area contributed by atoms with Crippen LogP contribution < -0.4 is 0 Å². The maximum atomic E-state index is 11.1. The van der Waals surface area contributed by atoms with Crippen LogP contribution in [-0.2, 0) is 15.9 Å². The molecule has 3 saturated carbocycles. The topological polar surface area (TPSA) is 56.5 Å². The summed E-state index contributed by atoms with van der Waals surface area (Å²) in [5.74, 6) is 2.88. The Morgan fingerprint density at radius 3 is 2.14 bits per heavy atom. The van der Waals surface area contributed by atoms with Gasteiger partial charge in [0.05, 0.1) is 23.2 Å². The second-order valence-corrected chi connectivity index (χ2v) is 29.8. The van der Waals surface area contributed by atoms with Gasteiger partial charge in [0.2, 0.25) is 0 Å². The monoisotopic (exact) mass is 735 g/mol. The van der Waals surface area contributed by atoms with Gasteiger partial charge in [-0.15, -0.1) is 0 Å². The van der Waals surface area contributed by atoms with Crippen LogP contribution in [0.3, 0.4) is 0 Å². The number of aryl methyl sites for hydroxylation is 1. The van der Waals surface area contributed by atoms with Gasteiger partial charge < -0.3 is 18.5 Å². The molecule has 0 aliphatic heterocycles. The van der Waals surface area contributed by atoms with Crippen LogP contribution in [0.25, 0.3) is 11.0 Å². The van der Waals surface area contributed by atoms with Gasteiger partial charge in [-0.1, -0.05) is 104 Å². The second kappa shape index (κ2) is 15.3. The quantitative estimate of drug-likeness (QED) is 0.234. The fourth-order valence-electron chi connectivity index (χ4n) is 9.50. The predicted octanol–water partition coefficient (Wildman–Crippen LogP) is 12.4. The van der Waals surface area contributed by atoms with Crippen LogP contribution in [0.5, 0.6) is 0 Å². The van der Waals surface area contributed by atoms with Gasteiger partial charge in [0.1, 0.15) is 11.9 Å². The lowest BCUT2D eigenvalue weighted by molar-refractivity contribution is 0.0725. The standard InChI is InChI=1S/C44H74N2O3Si2/c1-31(18-16-22-40(47)41-45-38-20-14-15-21-39(38)46(41)9)36-25-26-37-33(19-17-27-44(36,37)8)24-23-32-28-34(48-50(10,11)42(2,3)4)30-35(29-32)49-51(12,13)43(5,6)7/h14-15,20-21,23-24,31,34-37,40,47H,16-19,22,25-30H2,1-13H3/b33-24+/t31-,34-,35-,36-,37+,40?,44-/m1/s1. The van der Waals surface area contributed by atoms with Crippen molar-refractivity contribution in [3.05, 3.63) is 53.4 Å². The number of aliphatic hydroxyl groups excluding tert-OH is 1.